The highest BCUT2D eigenvalue weighted by atomic mass is 16.6. The molecule has 1 aliphatic rings. The van der Waals surface area contributed by atoms with Crippen LogP contribution >= 0.6 is 0 Å². The van der Waals surface area contributed by atoms with Crippen LogP contribution in [-0.2, 0) is 9.53 Å². The Balaban J connectivity index is 2.90. The largest absolute Gasteiger partial charge is 0.444 e. The van der Waals surface area contributed by atoms with E-state index in [1.165, 1.54) is 0 Å². The van der Waals surface area contributed by atoms with Crippen LogP contribution < -0.4 is 11.1 Å². The Bertz CT molecular complexity index is 391. The van der Waals surface area contributed by atoms with Crippen molar-refractivity contribution in [1.82, 2.24) is 10.2 Å². The topological polar surface area (TPSA) is 84.7 Å². The normalized spacial score (nSPS) is 22.3. The molecule has 0 aliphatic heterocycles. The molecule has 0 aromatic rings. The van der Waals surface area contributed by atoms with Crippen LogP contribution in [0.25, 0.3) is 0 Å². The highest BCUT2D eigenvalue weighted by molar-refractivity contribution is 5.78. The van der Waals surface area contributed by atoms with Gasteiger partial charge in [-0.25, -0.2) is 4.79 Å². The van der Waals surface area contributed by atoms with E-state index in [0.717, 1.165) is 25.7 Å². The zero-order valence-electron chi connectivity index (χ0n) is 14.5. The molecule has 128 valence electrons. The lowest BCUT2D eigenvalue weighted by molar-refractivity contribution is -0.121. The van der Waals surface area contributed by atoms with Crippen molar-refractivity contribution in [2.45, 2.75) is 84.0 Å². The predicted octanol–water partition coefficient (Wildman–Crippen LogP) is 2.02. The van der Waals surface area contributed by atoms with Gasteiger partial charge in [0, 0.05) is 12.1 Å². The summed E-state index contributed by atoms with van der Waals surface area (Å²) in [5.74, 6) is -0.176. The molecule has 1 saturated carbocycles. The Morgan fingerprint density at radius 2 is 1.86 bits per heavy atom. The second-order valence-electron chi connectivity index (χ2n) is 7.21. The molecule has 1 aliphatic carbocycles. The molecular weight excluding hydrogens is 282 g/mol. The fraction of sp³-hybridized carbons (Fsp3) is 0.875. The van der Waals surface area contributed by atoms with E-state index in [1.54, 1.807) is 4.90 Å². The van der Waals surface area contributed by atoms with Crippen molar-refractivity contribution < 1.29 is 14.3 Å². The molecule has 22 heavy (non-hydrogen) atoms. The van der Waals surface area contributed by atoms with Gasteiger partial charge in [0.1, 0.15) is 5.60 Å². The maximum atomic E-state index is 12.6. The van der Waals surface area contributed by atoms with Crippen LogP contribution in [-0.4, -0.2) is 47.2 Å². The first kappa shape index (κ1) is 18.7. The van der Waals surface area contributed by atoms with Crippen molar-refractivity contribution in [2.75, 3.05) is 6.54 Å². The molecule has 1 fully saturated rings. The van der Waals surface area contributed by atoms with Crippen LogP contribution in [0.1, 0.15) is 60.3 Å². The van der Waals surface area contributed by atoms with Gasteiger partial charge in [0.15, 0.2) is 0 Å². The third-order valence-corrected chi connectivity index (χ3v) is 3.78. The Hall–Kier alpha value is -1.30. The summed E-state index contributed by atoms with van der Waals surface area (Å²) in [5, 5.41) is 2.96. The molecule has 0 aromatic carbocycles. The van der Waals surface area contributed by atoms with Gasteiger partial charge < -0.3 is 20.7 Å². The number of carbonyl (C=O) groups excluding carboxylic acids is 2. The number of hydrogen-bond donors (Lipinski definition) is 2. The zero-order chi connectivity index (χ0) is 16.9. The maximum Gasteiger partial charge on any atom is 0.410 e. The molecule has 2 amide bonds. The third-order valence-electron chi connectivity index (χ3n) is 3.78. The van der Waals surface area contributed by atoms with Crippen molar-refractivity contribution in [3.05, 3.63) is 0 Å². The number of hydrogen-bond acceptors (Lipinski definition) is 4. The van der Waals surface area contributed by atoms with Gasteiger partial charge in [-0.05, 0) is 47.5 Å². The van der Waals surface area contributed by atoms with Crippen molar-refractivity contribution >= 4 is 12.0 Å². The zero-order valence-corrected chi connectivity index (χ0v) is 14.5. The predicted molar refractivity (Wildman–Crippen MR) is 86.5 cm³/mol. The van der Waals surface area contributed by atoms with Gasteiger partial charge in [-0.1, -0.05) is 12.8 Å². The smallest absolute Gasteiger partial charge is 0.410 e. The quantitative estimate of drug-likeness (QED) is 0.831. The molecule has 2 atom stereocenters. The van der Waals surface area contributed by atoms with Crippen LogP contribution in [0, 0.1) is 0 Å². The summed E-state index contributed by atoms with van der Waals surface area (Å²) in [7, 11) is 0. The number of carbonyl (C=O) groups is 2. The minimum absolute atomic E-state index is 0.00947. The first-order chi connectivity index (χ1) is 10.2. The van der Waals surface area contributed by atoms with E-state index in [9.17, 15) is 9.59 Å². The summed E-state index contributed by atoms with van der Waals surface area (Å²) in [6.45, 7) is 9.49. The first-order valence-corrected chi connectivity index (χ1v) is 8.16. The summed E-state index contributed by atoms with van der Waals surface area (Å²) >= 11 is 0. The molecule has 0 bridgehead atoms. The minimum atomic E-state index is -0.533. The number of nitrogens with zero attached hydrogens (tertiary/aromatic N) is 1. The molecule has 0 spiro atoms. The fourth-order valence-electron chi connectivity index (χ4n) is 2.92. The second kappa shape index (κ2) is 7.81. The van der Waals surface area contributed by atoms with E-state index in [4.69, 9.17) is 10.5 Å². The number of rotatable bonds is 4. The second-order valence-corrected chi connectivity index (χ2v) is 7.21. The van der Waals surface area contributed by atoms with Crippen LogP contribution in [0.5, 0.6) is 0 Å². The number of ether oxygens (including phenoxy) is 1. The molecule has 0 unspecified atom stereocenters. The number of nitrogens with one attached hydrogen (secondary N) is 1. The van der Waals surface area contributed by atoms with Gasteiger partial charge in [0.05, 0.1) is 12.6 Å². The van der Waals surface area contributed by atoms with E-state index in [1.807, 2.05) is 34.6 Å². The molecule has 0 radical (unpaired) electrons. The average Bonchev–Trinajstić information content (AvgIpc) is 2.38. The van der Waals surface area contributed by atoms with E-state index in [2.05, 4.69) is 5.32 Å². The van der Waals surface area contributed by atoms with Gasteiger partial charge in [-0.3, -0.25) is 4.79 Å². The van der Waals surface area contributed by atoms with E-state index in [-0.39, 0.29) is 36.7 Å². The van der Waals surface area contributed by atoms with Crippen LogP contribution in [0.2, 0.25) is 0 Å². The van der Waals surface area contributed by atoms with E-state index < -0.39 is 5.60 Å². The SMILES string of the molecule is CC(C)N(C(=O)OC(C)(C)C)[C@@H]1CCCC[C@H]1NC(=O)CN. The standard InChI is InChI=1S/C16H31N3O3/c1-11(2)19(15(21)22-16(3,4)5)13-9-7-6-8-12(13)18-14(20)10-17/h11-13H,6-10,17H2,1-5H3,(H,18,20)/t12-,13-/m1/s1. The molecule has 6 nitrogen and oxygen atoms in total. The van der Waals surface area contributed by atoms with Gasteiger partial charge in [0.25, 0.3) is 0 Å². The van der Waals surface area contributed by atoms with Crippen molar-refractivity contribution in [2.24, 2.45) is 5.73 Å². The molecule has 0 heterocycles. The first-order valence-electron chi connectivity index (χ1n) is 8.16. The summed E-state index contributed by atoms with van der Waals surface area (Å²) in [6, 6.07) is -0.0888. The molecule has 0 saturated heterocycles. The summed E-state index contributed by atoms with van der Waals surface area (Å²) in [4.78, 5) is 26.0. The lowest BCUT2D eigenvalue weighted by atomic mass is 9.88. The lowest BCUT2D eigenvalue weighted by Crippen LogP contribution is -2.58. The average molecular weight is 313 g/mol. The van der Waals surface area contributed by atoms with Gasteiger partial charge in [-0.15, -0.1) is 0 Å². The maximum absolute atomic E-state index is 12.6. The highest BCUT2D eigenvalue weighted by Crippen LogP contribution is 2.26. The van der Waals surface area contributed by atoms with Crippen molar-refractivity contribution in [1.29, 1.82) is 0 Å². The van der Waals surface area contributed by atoms with Crippen molar-refractivity contribution in [3.8, 4) is 0 Å². The molecule has 3 N–H and O–H groups in total. The van der Waals surface area contributed by atoms with Crippen LogP contribution in [0.4, 0.5) is 4.79 Å². The van der Waals surface area contributed by atoms with Gasteiger partial charge >= 0.3 is 6.09 Å². The minimum Gasteiger partial charge on any atom is -0.444 e. The lowest BCUT2D eigenvalue weighted by Gasteiger charge is -2.42. The fourth-order valence-corrected chi connectivity index (χ4v) is 2.92. The number of amides is 2. The molecule has 6 heteroatoms. The van der Waals surface area contributed by atoms with E-state index >= 15 is 0 Å². The molecule has 1 rings (SSSR count). The van der Waals surface area contributed by atoms with Crippen molar-refractivity contribution in [3.63, 3.8) is 0 Å². The summed E-state index contributed by atoms with van der Waals surface area (Å²) in [5.41, 5.74) is 4.86. The Kier molecular flexibility index (Phi) is 6.66. The van der Waals surface area contributed by atoms with Gasteiger partial charge in [-0.2, -0.15) is 0 Å². The Morgan fingerprint density at radius 3 is 2.36 bits per heavy atom. The summed E-state index contributed by atoms with van der Waals surface area (Å²) < 4.78 is 5.54. The molecule has 0 aromatic heterocycles. The highest BCUT2D eigenvalue weighted by Gasteiger charge is 2.37. The van der Waals surface area contributed by atoms with Crippen LogP contribution in [0.15, 0.2) is 0 Å². The summed E-state index contributed by atoms with van der Waals surface area (Å²) in [6.07, 6.45) is 3.51. The molecular formula is C16H31N3O3. The Morgan fingerprint density at radius 1 is 1.27 bits per heavy atom. The third kappa shape index (κ3) is 5.48. The number of nitrogens with two attached hydrogens (primary N) is 1. The Labute approximate surface area is 133 Å². The van der Waals surface area contributed by atoms with Crippen LogP contribution in [0.3, 0.4) is 0 Å². The van der Waals surface area contributed by atoms with Gasteiger partial charge in [0.2, 0.25) is 5.91 Å². The monoisotopic (exact) mass is 313 g/mol. The van der Waals surface area contributed by atoms with E-state index in [0.29, 0.717) is 0 Å².